The van der Waals surface area contributed by atoms with E-state index in [1.165, 1.54) is 13.8 Å². The summed E-state index contributed by atoms with van der Waals surface area (Å²) < 4.78 is 24.6. The molecule has 0 aliphatic carbocycles. The third-order valence-corrected chi connectivity index (χ3v) is 9.83. The monoisotopic (exact) mass is 660 g/mol. The highest BCUT2D eigenvalue weighted by Crippen LogP contribution is 2.36. The first-order chi connectivity index (χ1) is 20.9. The smallest absolute Gasteiger partial charge is 0.316 e. The molecule has 2 fully saturated rings. The Hall–Kier alpha value is -1.22. The zero-order valence-corrected chi connectivity index (χ0v) is 30.7. The summed E-state index contributed by atoms with van der Waals surface area (Å²) in [6, 6.07) is -1.07. The summed E-state index contributed by atoms with van der Waals surface area (Å²) >= 11 is 0. The number of carbonyl (C=O) groups excluding carboxylic acids is 2. The van der Waals surface area contributed by atoms with Gasteiger partial charge in [-0.3, -0.25) is 9.59 Å². The lowest BCUT2D eigenvalue weighted by atomic mass is 9.78. The van der Waals surface area contributed by atoms with Crippen molar-refractivity contribution in [1.82, 2.24) is 9.80 Å². The third kappa shape index (κ3) is 9.47. The molecule has 12 heteroatoms. The number of hydrogen-bond donors (Lipinski definition) is 4. The Bertz CT molecular complexity index is 1010. The summed E-state index contributed by atoms with van der Waals surface area (Å²) in [5.74, 6) is -3.83. The molecule has 2 saturated heterocycles. The van der Waals surface area contributed by atoms with Crippen LogP contribution in [0.25, 0.3) is 0 Å². The molecule has 0 aromatic carbocycles. The molecule has 0 aromatic heterocycles. The molecule has 46 heavy (non-hydrogen) atoms. The van der Waals surface area contributed by atoms with Crippen LogP contribution in [0.3, 0.4) is 0 Å². The zero-order chi connectivity index (χ0) is 35.7. The molecule has 2 aliphatic heterocycles. The molecule has 2 rings (SSSR count). The molecule has 0 saturated carbocycles. The SMILES string of the molecule is CC[C@H]1OC(=O)[C@H](C)C(=O)[C@H](C)[C@@H](O[C@@H]2O[C@H](C)[C@@H](OC(C)(C)C)[C@H](N(C)C)[C@H]2O)[C@](C)(O)C[C@@H](C)CN(C)[C@H](C)[C@@H](O)[C@]1(C)O. The van der Waals surface area contributed by atoms with E-state index in [2.05, 4.69) is 0 Å². The van der Waals surface area contributed by atoms with Gasteiger partial charge in [0.05, 0.1) is 29.5 Å². The summed E-state index contributed by atoms with van der Waals surface area (Å²) in [4.78, 5) is 31.0. The number of cyclic esters (lactones) is 1. The van der Waals surface area contributed by atoms with Crippen LogP contribution >= 0.6 is 0 Å². The van der Waals surface area contributed by atoms with Gasteiger partial charge in [0.2, 0.25) is 0 Å². The maximum absolute atomic E-state index is 13.9. The maximum Gasteiger partial charge on any atom is 0.316 e. The minimum atomic E-state index is -1.80. The van der Waals surface area contributed by atoms with Crippen molar-refractivity contribution < 1.29 is 49.0 Å². The summed E-state index contributed by atoms with van der Waals surface area (Å²) in [5, 5.41) is 46.3. The first kappa shape index (κ1) is 41.0. The van der Waals surface area contributed by atoms with Crippen LogP contribution < -0.4 is 0 Å². The van der Waals surface area contributed by atoms with Gasteiger partial charge in [0, 0.05) is 18.5 Å². The van der Waals surface area contributed by atoms with Gasteiger partial charge in [0.1, 0.15) is 35.9 Å². The average Bonchev–Trinajstić information content (AvgIpc) is 2.92. The number of aliphatic hydroxyl groups is 4. The summed E-state index contributed by atoms with van der Waals surface area (Å²) in [7, 11) is 5.48. The molecule has 0 amide bonds. The van der Waals surface area contributed by atoms with Crippen molar-refractivity contribution in [3.63, 3.8) is 0 Å². The number of ketones is 1. The van der Waals surface area contributed by atoms with Gasteiger partial charge in [-0.15, -0.1) is 0 Å². The maximum atomic E-state index is 13.9. The second-order valence-electron chi connectivity index (χ2n) is 15.7. The van der Waals surface area contributed by atoms with Gasteiger partial charge >= 0.3 is 5.97 Å². The van der Waals surface area contributed by atoms with Crippen LogP contribution in [0.2, 0.25) is 0 Å². The van der Waals surface area contributed by atoms with Crippen LogP contribution in [0.15, 0.2) is 0 Å². The van der Waals surface area contributed by atoms with E-state index < -0.39 is 95.4 Å². The average molecular weight is 661 g/mol. The predicted octanol–water partition coefficient (Wildman–Crippen LogP) is 1.98. The molecule has 0 spiro atoms. The fourth-order valence-corrected chi connectivity index (χ4v) is 7.22. The van der Waals surface area contributed by atoms with Gasteiger partial charge < -0.3 is 49.2 Å². The number of esters is 1. The number of likely N-dealkylation sites (N-methyl/N-ethyl adjacent to an activating group) is 2. The molecular weight excluding hydrogens is 596 g/mol. The van der Waals surface area contributed by atoms with Gasteiger partial charge in [0.25, 0.3) is 0 Å². The second kappa shape index (κ2) is 15.6. The van der Waals surface area contributed by atoms with Crippen molar-refractivity contribution in [3.05, 3.63) is 0 Å². The van der Waals surface area contributed by atoms with Crippen molar-refractivity contribution >= 4 is 11.8 Å². The van der Waals surface area contributed by atoms with E-state index >= 15 is 0 Å². The lowest BCUT2D eigenvalue weighted by Gasteiger charge is -2.49. The van der Waals surface area contributed by atoms with Crippen LogP contribution in [0.4, 0.5) is 0 Å². The molecule has 0 unspecified atom stereocenters. The van der Waals surface area contributed by atoms with E-state index in [0.717, 1.165) is 0 Å². The highest BCUT2D eigenvalue weighted by Gasteiger charge is 2.52. The Morgan fingerprint density at radius 2 is 1.61 bits per heavy atom. The summed E-state index contributed by atoms with van der Waals surface area (Å²) in [5.41, 5.74) is -3.92. The summed E-state index contributed by atoms with van der Waals surface area (Å²) in [6.07, 6.45) is -6.57. The minimum Gasteiger partial charge on any atom is -0.459 e. The number of aliphatic hydroxyl groups excluding tert-OH is 2. The Labute approximate surface area is 276 Å². The van der Waals surface area contributed by atoms with Gasteiger partial charge in [-0.2, -0.15) is 0 Å². The van der Waals surface area contributed by atoms with Crippen LogP contribution in [-0.4, -0.2) is 141 Å². The van der Waals surface area contributed by atoms with Crippen LogP contribution in [0.1, 0.15) is 89.0 Å². The molecular formula is C34H64N2O10. The number of rotatable bonds is 5. The number of ether oxygens (including phenoxy) is 4. The fraction of sp³-hybridized carbons (Fsp3) is 0.941. The van der Waals surface area contributed by atoms with Crippen molar-refractivity contribution in [1.29, 1.82) is 0 Å². The van der Waals surface area contributed by atoms with Gasteiger partial charge in [-0.05, 0) is 95.3 Å². The van der Waals surface area contributed by atoms with Crippen LogP contribution in [-0.2, 0) is 28.5 Å². The third-order valence-electron chi connectivity index (χ3n) is 9.83. The Morgan fingerprint density at radius 3 is 2.11 bits per heavy atom. The fourth-order valence-electron chi connectivity index (χ4n) is 7.22. The van der Waals surface area contributed by atoms with Gasteiger partial charge in [-0.25, -0.2) is 0 Å². The number of carbonyl (C=O) groups is 2. The van der Waals surface area contributed by atoms with Crippen LogP contribution in [0.5, 0.6) is 0 Å². The molecule has 2 heterocycles. The molecule has 12 nitrogen and oxygen atoms in total. The predicted molar refractivity (Wildman–Crippen MR) is 174 cm³/mol. The molecule has 14 atom stereocenters. The molecule has 0 radical (unpaired) electrons. The Kier molecular flexibility index (Phi) is 13.8. The van der Waals surface area contributed by atoms with E-state index in [1.807, 2.05) is 65.6 Å². The normalized spacial score (nSPS) is 44.8. The van der Waals surface area contributed by atoms with E-state index in [9.17, 15) is 30.0 Å². The van der Waals surface area contributed by atoms with E-state index in [-0.39, 0.29) is 18.8 Å². The first-order valence-corrected chi connectivity index (χ1v) is 16.8. The standard InChI is InChI=1S/C34H64N2O10/c1-15-23-34(11,42)28(39)21(5)36(14)17-18(2)16-33(10,41)29(19(3)25(37)20(4)30(40)44-23)45-31-26(38)24(35(12)13)27(22(6)43-31)46-32(7,8)9/h18-24,26-29,31,38-39,41-42H,15-17H2,1-14H3/t18-,19+,20-,21-,22-,23-,24-,26-,27-,28-,29-,31+,33-,34-/m1/s1. The molecule has 4 N–H and O–H groups in total. The van der Waals surface area contributed by atoms with Crippen molar-refractivity contribution in [3.8, 4) is 0 Å². The molecule has 270 valence electrons. The van der Waals surface area contributed by atoms with E-state index in [1.54, 1.807) is 27.7 Å². The largest absolute Gasteiger partial charge is 0.459 e. The highest BCUT2D eigenvalue weighted by molar-refractivity contribution is 6.00. The first-order valence-electron chi connectivity index (χ1n) is 16.8. The highest BCUT2D eigenvalue weighted by atomic mass is 16.7. The lowest BCUT2D eigenvalue weighted by Crippen LogP contribution is -2.65. The Balaban J connectivity index is 2.56. The number of nitrogens with zero attached hydrogens (tertiary/aromatic N) is 2. The number of Topliss-reactive ketones (excluding diaryl/α,β-unsaturated/α-hetero) is 1. The molecule has 0 bridgehead atoms. The van der Waals surface area contributed by atoms with Gasteiger partial charge in [0.15, 0.2) is 12.1 Å². The summed E-state index contributed by atoms with van der Waals surface area (Å²) in [6.45, 7) is 19.5. The van der Waals surface area contributed by atoms with Gasteiger partial charge in [-0.1, -0.05) is 20.8 Å². The van der Waals surface area contributed by atoms with E-state index in [4.69, 9.17) is 18.9 Å². The van der Waals surface area contributed by atoms with E-state index in [0.29, 0.717) is 6.54 Å². The zero-order valence-electron chi connectivity index (χ0n) is 30.7. The molecule has 2 aliphatic rings. The van der Waals surface area contributed by atoms with Crippen LogP contribution in [0, 0.1) is 17.8 Å². The minimum absolute atomic E-state index is 0.161. The lowest BCUT2D eigenvalue weighted by molar-refractivity contribution is -0.322. The molecule has 0 aromatic rings. The van der Waals surface area contributed by atoms with Crippen molar-refractivity contribution in [2.75, 3.05) is 27.7 Å². The second-order valence-corrected chi connectivity index (χ2v) is 15.7. The number of hydrogen-bond acceptors (Lipinski definition) is 12. The topological polar surface area (TPSA) is 158 Å². The van der Waals surface area contributed by atoms with Crippen molar-refractivity contribution in [2.45, 2.75) is 161 Å². The Morgan fingerprint density at radius 1 is 1.04 bits per heavy atom. The quantitative estimate of drug-likeness (QED) is 0.251. The van der Waals surface area contributed by atoms with Crippen molar-refractivity contribution in [2.24, 2.45) is 17.8 Å².